The maximum Gasteiger partial charge on any atom is 0.277 e. The summed E-state index contributed by atoms with van der Waals surface area (Å²) in [5, 5.41) is 11.0. The van der Waals surface area contributed by atoms with Crippen molar-refractivity contribution in [3.8, 4) is 11.1 Å². The Balaban J connectivity index is 2.58. The summed E-state index contributed by atoms with van der Waals surface area (Å²) in [7, 11) is 0. The molecule has 2 rings (SSSR count). The van der Waals surface area contributed by atoms with Gasteiger partial charge in [-0.05, 0) is 17.2 Å². The average molecular weight is 228 g/mol. The van der Waals surface area contributed by atoms with E-state index in [-0.39, 0.29) is 10.6 Å². The number of rotatable bonds is 3. The lowest BCUT2D eigenvalue weighted by atomic mass is 10.0. The van der Waals surface area contributed by atoms with Crippen LogP contribution >= 0.6 is 0 Å². The summed E-state index contributed by atoms with van der Waals surface area (Å²) in [6.45, 7) is 0.301. The lowest BCUT2D eigenvalue weighted by Gasteiger charge is -2.04. The van der Waals surface area contributed by atoms with Crippen LogP contribution in [0.2, 0.25) is 0 Å². The van der Waals surface area contributed by atoms with Crippen molar-refractivity contribution in [2.45, 2.75) is 6.54 Å². The van der Waals surface area contributed by atoms with Gasteiger partial charge in [-0.3, -0.25) is 10.1 Å². The molecule has 4 heteroatoms. The SMILES string of the molecule is NCc1ccc(-c2ccccc2)c([N+](=O)[O-])c1. The standard InChI is InChI=1S/C13H12N2O2/c14-9-10-6-7-12(13(8-10)15(16)17)11-4-2-1-3-5-11/h1-8H,9,14H2. The van der Waals surface area contributed by atoms with Crippen molar-refractivity contribution < 1.29 is 4.92 Å². The number of nitro benzene ring substituents is 1. The van der Waals surface area contributed by atoms with Crippen LogP contribution in [-0.4, -0.2) is 4.92 Å². The number of benzene rings is 2. The molecule has 0 radical (unpaired) electrons. The van der Waals surface area contributed by atoms with Gasteiger partial charge in [0, 0.05) is 12.6 Å². The number of nitrogens with zero attached hydrogens (tertiary/aromatic N) is 1. The molecule has 0 unspecified atom stereocenters. The first-order valence-corrected chi connectivity index (χ1v) is 5.25. The minimum absolute atomic E-state index is 0.0964. The van der Waals surface area contributed by atoms with Crippen molar-refractivity contribution in [3.05, 3.63) is 64.2 Å². The minimum atomic E-state index is -0.374. The highest BCUT2D eigenvalue weighted by molar-refractivity contribution is 5.73. The molecule has 0 heterocycles. The maximum absolute atomic E-state index is 11.0. The van der Waals surface area contributed by atoms with E-state index in [0.717, 1.165) is 11.1 Å². The minimum Gasteiger partial charge on any atom is -0.326 e. The maximum atomic E-state index is 11.0. The van der Waals surface area contributed by atoms with Gasteiger partial charge in [-0.1, -0.05) is 36.4 Å². The first-order valence-electron chi connectivity index (χ1n) is 5.25. The summed E-state index contributed by atoms with van der Waals surface area (Å²) >= 11 is 0. The van der Waals surface area contributed by atoms with Crippen molar-refractivity contribution in [3.63, 3.8) is 0 Å². The first-order chi connectivity index (χ1) is 8.22. The molecule has 2 aromatic carbocycles. The summed E-state index contributed by atoms with van der Waals surface area (Å²) in [5.74, 6) is 0. The Labute approximate surface area is 98.8 Å². The normalized spacial score (nSPS) is 10.2. The molecule has 4 nitrogen and oxygen atoms in total. The average Bonchev–Trinajstić information content (AvgIpc) is 2.39. The molecular weight excluding hydrogens is 216 g/mol. The predicted octanol–water partition coefficient (Wildman–Crippen LogP) is 2.72. The number of nitro groups is 1. The van der Waals surface area contributed by atoms with Gasteiger partial charge >= 0.3 is 0 Å². The Morgan fingerprint density at radius 3 is 2.41 bits per heavy atom. The molecule has 0 atom stereocenters. The third-order valence-electron chi connectivity index (χ3n) is 2.58. The topological polar surface area (TPSA) is 69.2 Å². The molecule has 0 aliphatic carbocycles. The van der Waals surface area contributed by atoms with E-state index in [9.17, 15) is 10.1 Å². The molecule has 0 fully saturated rings. The van der Waals surface area contributed by atoms with E-state index in [1.54, 1.807) is 6.07 Å². The molecule has 0 bridgehead atoms. The van der Waals surface area contributed by atoms with Crippen LogP contribution < -0.4 is 5.73 Å². The zero-order valence-electron chi connectivity index (χ0n) is 9.17. The van der Waals surface area contributed by atoms with Crippen LogP contribution in [0.25, 0.3) is 11.1 Å². The van der Waals surface area contributed by atoms with E-state index in [1.165, 1.54) is 6.07 Å². The second kappa shape index (κ2) is 4.76. The molecule has 2 N–H and O–H groups in total. The summed E-state index contributed by atoms with van der Waals surface area (Å²) in [5.41, 5.74) is 7.80. The van der Waals surface area contributed by atoms with Gasteiger partial charge < -0.3 is 5.73 Å². The Morgan fingerprint density at radius 1 is 1.12 bits per heavy atom. The van der Waals surface area contributed by atoms with Crippen molar-refractivity contribution in [1.82, 2.24) is 0 Å². The molecular formula is C13H12N2O2. The van der Waals surface area contributed by atoms with Gasteiger partial charge in [0.1, 0.15) is 0 Å². The quantitative estimate of drug-likeness (QED) is 0.648. The number of nitrogens with two attached hydrogens (primary N) is 1. The summed E-state index contributed by atoms with van der Waals surface area (Å²) in [6.07, 6.45) is 0. The van der Waals surface area contributed by atoms with E-state index in [1.807, 2.05) is 36.4 Å². The van der Waals surface area contributed by atoms with Gasteiger partial charge in [-0.15, -0.1) is 0 Å². The lowest BCUT2D eigenvalue weighted by molar-refractivity contribution is -0.384. The Kier molecular flexibility index (Phi) is 3.16. The lowest BCUT2D eigenvalue weighted by Crippen LogP contribution is -1.99. The first kappa shape index (κ1) is 11.3. The molecule has 86 valence electrons. The second-order valence-corrected chi connectivity index (χ2v) is 3.68. The van der Waals surface area contributed by atoms with Crippen LogP contribution in [0.3, 0.4) is 0 Å². The summed E-state index contributed by atoms with van der Waals surface area (Å²) in [4.78, 5) is 10.7. The van der Waals surface area contributed by atoms with Gasteiger partial charge in [0.05, 0.1) is 10.5 Å². The van der Waals surface area contributed by atoms with Gasteiger partial charge in [0.2, 0.25) is 0 Å². The molecule has 0 aliphatic heterocycles. The van der Waals surface area contributed by atoms with Crippen LogP contribution in [0.4, 0.5) is 5.69 Å². The fourth-order valence-electron chi connectivity index (χ4n) is 1.72. The van der Waals surface area contributed by atoms with Crippen LogP contribution in [0.1, 0.15) is 5.56 Å². The van der Waals surface area contributed by atoms with E-state index < -0.39 is 0 Å². The molecule has 17 heavy (non-hydrogen) atoms. The fourth-order valence-corrected chi connectivity index (χ4v) is 1.72. The van der Waals surface area contributed by atoms with Crippen LogP contribution in [0.15, 0.2) is 48.5 Å². The molecule has 0 amide bonds. The highest BCUT2D eigenvalue weighted by Gasteiger charge is 2.15. The molecule has 0 spiro atoms. The number of hydrogen-bond donors (Lipinski definition) is 1. The van der Waals surface area contributed by atoms with Gasteiger partial charge in [0.15, 0.2) is 0 Å². The summed E-state index contributed by atoms with van der Waals surface area (Å²) < 4.78 is 0. The Bertz CT molecular complexity index is 538. The van der Waals surface area contributed by atoms with E-state index in [4.69, 9.17) is 5.73 Å². The van der Waals surface area contributed by atoms with Gasteiger partial charge in [0.25, 0.3) is 5.69 Å². The van der Waals surface area contributed by atoms with Gasteiger partial charge in [-0.2, -0.15) is 0 Å². The highest BCUT2D eigenvalue weighted by Crippen LogP contribution is 2.30. The molecule has 2 aromatic rings. The molecule has 0 aromatic heterocycles. The molecule has 0 aliphatic rings. The molecule has 0 saturated heterocycles. The Morgan fingerprint density at radius 2 is 1.82 bits per heavy atom. The smallest absolute Gasteiger partial charge is 0.277 e. The highest BCUT2D eigenvalue weighted by atomic mass is 16.6. The number of hydrogen-bond acceptors (Lipinski definition) is 3. The molecule has 0 saturated carbocycles. The largest absolute Gasteiger partial charge is 0.326 e. The zero-order valence-corrected chi connectivity index (χ0v) is 9.17. The van der Waals surface area contributed by atoms with E-state index in [0.29, 0.717) is 12.1 Å². The fraction of sp³-hybridized carbons (Fsp3) is 0.0769. The predicted molar refractivity (Wildman–Crippen MR) is 66.4 cm³/mol. The van der Waals surface area contributed by atoms with E-state index >= 15 is 0 Å². The van der Waals surface area contributed by atoms with Crippen molar-refractivity contribution in [2.24, 2.45) is 5.73 Å². The van der Waals surface area contributed by atoms with Crippen LogP contribution in [0.5, 0.6) is 0 Å². The Hall–Kier alpha value is -2.20. The van der Waals surface area contributed by atoms with E-state index in [2.05, 4.69) is 0 Å². The van der Waals surface area contributed by atoms with Crippen molar-refractivity contribution >= 4 is 5.69 Å². The third-order valence-corrected chi connectivity index (χ3v) is 2.58. The summed E-state index contributed by atoms with van der Waals surface area (Å²) in [6, 6.07) is 14.4. The van der Waals surface area contributed by atoms with Crippen LogP contribution in [0, 0.1) is 10.1 Å². The second-order valence-electron chi connectivity index (χ2n) is 3.68. The third kappa shape index (κ3) is 2.32. The monoisotopic (exact) mass is 228 g/mol. The van der Waals surface area contributed by atoms with Crippen molar-refractivity contribution in [1.29, 1.82) is 0 Å². The zero-order chi connectivity index (χ0) is 12.3. The van der Waals surface area contributed by atoms with Crippen LogP contribution in [-0.2, 0) is 6.54 Å². The van der Waals surface area contributed by atoms with Crippen molar-refractivity contribution in [2.75, 3.05) is 0 Å². The van der Waals surface area contributed by atoms with Gasteiger partial charge in [-0.25, -0.2) is 0 Å².